The lowest BCUT2D eigenvalue weighted by Gasteiger charge is -2.30. The highest BCUT2D eigenvalue weighted by Crippen LogP contribution is 2.27. The monoisotopic (exact) mass is 279 g/mol. The smallest absolute Gasteiger partial charge is 0.209 e. The van der Waals surface area contributed by atoms with Crippen molar-refractivity contribution in [2.24, 2.45) is 22.4 Å². The lowest BCUT2D eigenvalue weighted by Crippen LogP contribution is -2.35. The molecule has 1 aliphatic rings. The van der Waals surface area contributed by atoms with Gasteiger partial charge in [0.2, 0.25) is 10.0 Å². The highest BCUT2D eigenvalue weighted by atomic mass is 32.2. The van der Waals surface area contributed by atoms with Crippen LogP contribution < -0.4 is 5.14 Å². The highest BCUT2D eigenvalue weighted by Gasteiger charge is 2.29. The van der Waals surface area contributed by atoms with E-state index in [0.717, 1.165) is 19.6 Å². The molecule has 2 unspecified atom stereocenters. The second-order valence-electron chi connectivity index (χ2n) is 6.16. The third kappa shape index (κ3) is 6.13. The van der Waals surface area contributed by atoms with E-state index in [4.69, 9.17) is 14.6 Å². The summed E-state index contributed by atoms with van der Waals surface area (Å²) in [4.78, 5) is 0. The standard InChI is InChI=1S/C12H25NO4S/c1-12(2,3)11(9-18(13,14)15)8-17-7-10-4-5-16-6-10/h10-11H,4-9H2,1-3H3,(H2,13,14,15). The average molecular weight is 279 g/mol. The van der Waals surface area contributed by atoms with Crippen molar-refractivity contribution in [3.8, 4) is 0 Å². The number of nitrogens with two attached hydrogens (primary N) is 1. The van der Waals surface area contributed by atoms with E-state index in [0.29, 0.717) is 19.1 Å². The number of ether oxygens (including phenoxy) is 2. The maximum Gasteiger partial charge on any atom is 0.209 e. The van der Waals surface area contributed by atoms with Gasteiger partial charge in [-0.25, -0.2) is 13.6 Å². The summed E-state index contributed by atoms with van der Waals surface area (Å²) < 4.78 is 33.3. The predicted molar refractivity (Wildman–Crippen MR) is 70.7 cm³/mol. The molecule has 0 amide bonds. The average Bonchev–Trinajstić information content (AvgIpc) is 2.65. The van der Waals surface area contributed by atoms with E-state index in [1.165, 1.54) is 0 Å². The van der Waals surface area contributed by atoms with Crippen LogP contribution in [0.4, 0.5) is 0 Å². The molecule has 0 aliphatic carbocycles. The molecular formula is C12H25NO4S. The van der Waals surface area contributed by atoms with Gasteiger partial charge in [-0.2, -0.15) is 0 Å². The molecule has 108 valence electrons. The van der Waals surface area contributed by atoms with Crippen LogP contribution in [0, 0.1) is 17.3 Å². The zero-order valence-electron chi connectivity index (χ0n) is 11.5. The third-order valence-electron chi connectivity index (χ3n) is 3.35. The van der Waals surface area contributed by atoms with E-state index in [2.05, 4.69) is 0 Å². The second-order valence-corrected chi connectivity index (χ2v) is 7.82. The van der Waals surface area contributed by atoms with Gasteiger partial charge in [-0.05, 0) is 11.8 Å². The molecule has 0 aromatic heterocycles. The van der Waals surface area contributed by atoms with Gasteiger partial charge in [0.1, 0.15) is 0 Å². The molecule has 0 bridgehead atoms. The Hall–Kier alpha value is -0.170. The van der Waals surface area contributed by atoms with E-state index >= 15 is 0 Å². The van der Waals surface area contributed by atoms with Crippen LogP contribution >= 0.6 is 0 Å². The van der Waals surface area contributed by atoms with Crippen molar-refractivity contribution in [3.63, 3.8) is 0 Å². The van der Waals surface area contributed by atoms with Crippen molar-refractivity contribution < 1.29 is 17.9 Å². The van der Waals surface area contributed by atoms with E-state index in [1.807, 2.05) is 20.8 Å². The second kappa shape index (κ2) is 6.32. The first kappa shape index (κ1) is 15.9. The molecule has 0 saturated carbocycles. The maximum absolute atomic E-state index is 11.2. The molecule has 2 N–H and O–H groups in total. The highest BCUT2D eigenvalue weighted by molar-refractivity contribution is 7.89. The third-order valence-corrected chi connectivity index (χ3v) is 4.22. The topological polar surface area (TPSA) is 78.6 Å². The quantitative estimate of drug-likeness (QED) is 0.786. The van der Waals surface area contributed by atoms with Gasteiger partial charge < -0.3 is 9.47 Å². The minimum absolute atomic E-state index is 0.0301. The Balaban J connectivity index is 2.41. The molecule has 0 aromatic carbocycles. The molecule has 0 radical (unpaired) electrons. The summed E-state index contributed by atoms with van der Waals surface area (Å²) in [6.45, 7) is 8.62. The molecule has 1 rings (SSSR count). The summed E-state index contributed by atoms with van der Waals surface area (Å²) in [5.74, 6) is 0.326. The van der Waals surface area contributed by atoms with Gasteiger partial charge in [-0.15, -0.1) is 0 Å². The van der Waals surface area contributed by atoms with E-state index in [1.54, 1.807) is 0 Å². The predicted octanol–water partition coefficient (Wildman–Crippen LogP) is 0.990. The Kier molecular flexibility index (Phi) is 5.58. The fourth-order valence-corrected chi connectivity index (χ4v) is 3.08. The zero-order chi connectivity index (χ0) is 13.8. The summed E-state index contributed by atoms with van der Waals surface area (Å²) in [6, 6.07) is 0. The van der Waals surface area contributed by atoms with Gasteiger partial charge in [-0.3, -0.25) is 0 Å². The van der Waals surface area contributed by atoms with Gasteiger partial charge in [0.25, 0.3) is 0 Å². The lowest BCUT2D eigenvalue weighted by atomic mass is 9.82. The zero-order valence-corrected chi connectivity index (χ0v) is 12.3. The normalized spacial score (nSPS) is 23.2. The van der Waals surface area contributed by atoms with Crippen LogP contribution in [0.25, 0.3) is 0 Å². The van der Waals surface area contributed by atoms with Gasteiger partial charge >= 0.3 is 0 Å². The van der Waals surface area contributed by atoms with E-state index in [-0.39, 0.29) is 17.1 Å². The molecule has 5 nitrogen and oxygen atoms in total. The summed E-state index contributed by atoms with van der Waals surface area (Å²) in [5.41, 5.74) is -0.140. The minimum Gasteiger partial charge on any atom is -0.381 e. The van der Waals surface area contributed by atoms with Gasteiger partial charge in [0.05, 0.1) is 25.6 Å². The van der Waals surface area contributed by atoms with Crippen molar-refractivity contribution in [1.82, 2.24) is 0 Å². The Bertz CT molecular complexity index is 342. The molecule has 0 spiro atoms. The van der Waals surface area contributed by atoms with Crippen LogP contribution in [0.5, 0.6) is 0 Å². The van der Waals surface area contributed by atoms with Gasteiger partial charge in [0.15, 0.2) is 0 Å². The molecule has 1 saturated heterocycles. The molecule has 18 heavy (non-hydrogen) atoms. The summed E-state index contributed by atoms with van der Waals surface area (Å²) >= 11 is 0. The van der Waals surface area contributed by atoms with Crippen LogP contribution in [-0.2, 0) is 19.5 Å². The van der Waals surface area contributed by atoms with Gasteiger partial charge in [0, 0.05) is 18.4 Å². The maximum atomic E-state index is 11.2. The molecule has 1 fully saturated rings. The van der Waals surface area contributed by atoms with Crippen LogP contribution in [0.1, 0.15) is 27.2 Å². The first-order valence-corrected chi connectivity index (χ1v) is 8.06. The van der Waals surface area contributed by atoms with Crippen LogP contribution in [0.2, 0.25) is 0 Å². The van der Waals surface area contributed by atoms with Crippen LogP contribution in [-0.4, -0.2) is 40.6 Å². The van der Waals surface area contributed by atoms with Crippen molar-refractivity contribution in [2.75, 3.05) is 32.2 Å². The SMILES string of the molecule is CC(C)(C)C(COCC1CCOC1)CS(N)(=O)=O. The fourth-order valence-electron chi connectivity index (χ4n) is 1.92. The summed E-state index contributed by atoms with van der Waals surface area (Å²) in [7, 11) is -3.46. The van der Waals surface area contributed by atoms with Gasteiger partial charge in [-0.1, -0.05) is 20.8 Å². The summed E-state index contributed by atoms with van der Waals surface area (Å²) in [5, 5.41) is 5.12. The van der Waals surface area contributed by atoms with Crippen molar-refractivity contribution in [2.45, 2.75) is 27.2 Å². The van der Waals surface area contributed by atoms with E-state index < -0.39 is 10.0 Å². The molecule has 1 heterocycles. The number of rotatable bonds is 6. The number of primary sulfonamides is 1. The van der Waals surface area contributed by atoms with E-state index in [9.17, 15) is 8.42 Å². The first-order valence-electron chi connectivity index (χ1n) is 6.34. The number of sulfonamides is 1. The molecule has 0 aromatic rings. The minimum atomic E-state index is -3.46. The number of hydrogen-bond donors (Lipinski definition) is 1. The molecule has 6 heteroatoms. The van der Waals surface area contributed by atoms with Crippen LogP contribution in [0.15, 0.2) is 0 Å². The molecule has 2 atom stereocenters. The molecule has 1 aliphatic heterocycles. The van der Waals surface area contributed by atoms with Crippen molar-refractivity contribution >= 4 is 10.0 Å². The van der Waals surface area contributed by atoms with Crippen LogP contribution in [0.3, 0.4) is 0 Å². The number of hydrogen-bond acceptors (Lipinski definition) is 4. The Morgan fingerprint density at radius 2 is 2.11 bits per heavy atom. The summed E-state index contributed by atoms with van der Waals surface area (Å²) in [6.07, 6.45) is 1.02. The largest absolute Gasteiger partial charge is 0.381 e. The Labute approximate surface area is 110 Å². The van der Waals surface area contributed by atoms with Crippen molar-refractivity contribution in [3.05, 3.63) is 0 Å². The Morgan fingerprint density at radius 1 is 1.44 bits per heavy atom. The fraction of sp³-hybridized carbons (Fsp3) is 1.00. The lowest BCUT2D eigenvalue weighted by molar-refractivity contribution is 0.0413. The first-order chi connectivity index (χ1) is 8.18. The Morgan fingerprint density at radius 3 is 2.56 bits per heavy atom. The van der Waals surface area contributed by atoms with Crippen molar-refractivity contribution in [1.29, 1.82) is 0 Å². The molecular weight excluding hydrogens is 254 g/mol.